The Hall–Kier alpha value is -1.40. The summed E-state index contributed by atoms with van der Waals surface area (Å²) < 4.78 is 0. The second-order valence-electron chi connectivity index (χ2n) is 5.43. The molecule has 1 aromatic rings. The van der Waals surface area contributed by atoms with Crippen molar-refractivity contribution in [3.63, 3.8) is 0 Å². The van der Waals surface area contributed by atoms with Crippen LogP contribution in [0, 0.1) is 0 Å². The molecule has 1 atom stereocenters. The Morgan fingerprint density at radius 2 is 2.05 bits per heavy atom. The van der Waals surface area contributed by atoms with Gasteiger partial charge in [0.1, 0.15) is 0 Å². The van der Waals surface area contributed by atoms with Crippen molar-refractivity contribution in [2.45, 2.75) is 39.3 Å². The first-order valence-corrected chi connectivity index (χ1v) is 8.07. The van der Waals surface area contributed by atoms with Crippen molar-refractivity contribution < 1.29 is 9.59 Å². The van der Waals surface area contributed by atoms with Gasteiger partial charge in [0.05, 0.1) is 12.6 Å². The van der Waals surface area contributed by atoms with Gasteiger partial charge in [0.2, 0.25) is 11.8 Å². The summed E-state index contributed by atoms with van der Waals surface area (Å²) in [7, 11) is 1.78. The normalized spacial score (nSPS) is 12.5. The second-order valence-corrected chi connectivity index (χ2v) is 6.47. The zero-order valence-corrected chi connectivity index (χ0v) is 14.0. The highest BCUT2D eigenvalue weighted by Gasteiger charge is 2.19. The smallest absolute Gasteiger partial charge is 0.237 e. The van der Waals surface area contributed by atoms with Crippen LogP contribution in [0.15, 0.2) is 17.5 Å². The maximum atomic E-state index is 12.0. The van der Waals surface area contributed by atoms with Gasteiger partial charge >= 0.3 is 0 Å². The van der Waals surface area contributed by atoms with Crippen LogP contribution in [-0.2, 0) is 16.0 Å². The molecular formula is C15H25N3O2S. The van der Waals surface area contributed by atoms with Gasteiger partial charge in [-0.05, 0) is 45.7 Å². The van der Waals surface area contributed by atoms with Crippen LogP contribution in [0.1, 0.15) is 25.6 Å². The van der Waals surface area contributed by atoms with Crippen molar-refractivity contribution >= 4 is 23.2 Å². The molecule has 0 saturated heterocycles. The van der Waals surface area contributed by atoms with Gasteiger partial charge in [-0.2, -0.15) is 0 Å². The molecule has 2 amide bonds. The van der Waals surface area contributed by atoms with Gasteiger partial charge < -0.3 is 10.6 Å². The van der Waals surface area contributed by atoms with Gasteiger partial charge in [-0.3, -0.25) is 14.5 Å². The van der Waals surface area contributed by atoms with Crippen LogP contribution in [0.4, 0.5) is 0 Å². The summed E-state index contributed by atoms with van der Waals surface area (Å²) in [4.78, 5) is 26.7. The standard InChI is InChI=1S/C15H25N3O2S/c1-11(2)17-14(19)10-18(4)12(3)15(20)16-8-7-13-6-5-9-21-13/h5-6,9,11-12H,7-8,10H2,1-4H3,(H,16,20)(H,17,19)/t12-/m1/s1. The number of amides is 2. The third-order valence-corrected chi connectivity index (χ3v) is 4.07. The van der Waals surface area contributed by atoms with Gasteiger partial charge in [0.25, 0.3) is 0 Å². The molecule has 1 aromatic heterocycles. The highest BCUT2D eigenvalue weighted by atomic mass is 32.1. The van der Waals surface area contributed by atoms with Crippen molar-refractivity contribution in [3.05, 3.63) is 22.4 Å². The fraction of sp³-hybridized carbons (Fsp3) is 0.600. The predicted molar refractivity (Wildman–Crippen MR) is 86.4 cm³/mol. The lowest BCUT2D eigenvalue weighted by molar-refractivity contribution is -0.127. The quantitative estimate of drug-likeness (QED) is 0.759. The van der Waals surface area contributed by atoms with E-state index in [4.69, 9.17) is 0 Å². The van der Waals surface area contributed by atoms with Crippen LogP contribution in [0.3, 0.4) is 0 Å². The molecule has 1 heterocycles. The van der Waals surface area contributed by atoms with E-state index in [-0.39, 0.29) is 30.4 Å². The average molecular weight is 311 g/mol. The predicted octanol–water partition coefficient (Wildman–Crippen LogP) is 1.25. The van der Waals surface area contributed by atoms with Crippen molar-refractivity contribution in [2.75, 3.05) is 20.1 Å². The van der Waals surface area contributed by atoms with Crippen molar-refractivity contribution in [1.82, 2.24) is 15.5 Å². The largest absolute Gasteiger partial charge is 0.354 e. The third-order valence-electron chi connectivity index (χ3n) is 3.13. The van der Waals surface area contributed by atoms with Crippen LogP contribution in [0.5, 0.6) is 0 Å². The minimum Gasteiger partial charge on any atom is -0.354 e. The molecule has 5 nitrogen and oxygen atoms in total. The Labute approximate surface area is 130 Å². The first-order valence-electron chi connectivity index (χ1n) is 7.20. The SMILES string of the molecule is CC(C)NC(=O)CN(C)[C@H](C)C(=O)NCCc1cccs1. The monoisotopic (exact) mass is 311 g/mol. The van der Waals surface area contributed by atoms with Crippen LogP contribution in [0.2, 0.25) is 0 Å². The minimum absolute atomic E-state index is 0.0496. The molecule has 0 spiro atoms. The summed E-state index contributed by atoms with van der Waals surface area (Å²) in [5.74, 6) is -0.114. The van der Waals surface area contributed by atoms with Gasteiger partial charge in [0, 0.05) is 17.5 Å². The number of nitrogens with one attached hydrogen (secondary N) is 2. The van der Waals surface area contributed by atoms with Crippen LogP contribution in [0.25, 0.3) is 0 Å². The third kappa shape index (κ3) is 6.73. The van der Waals surface area contributed by atoms with Crippen LogP contribution in [-0.4, -0.2) is 48.9 Å². The molecule has 0 aliphatic carbocycles. The van der Waals surface area contributed by atoms with E-state index in [9.17, 15) is 9.59 Å². The molecule has 2 N–H and O–H groups in total. The molecule has 0 bridgehead atoms. The number of hydrogen-bond acceptors (Lipinski definition) is 4. The Bertz CT molecular complexity index is 446. The first kappa shape index (κ1) is 17.7. The molecule has 0 unspecified atom stereocenters. The molecule has 0 aliphatic heterocycles. The maximum absolute atomic E-state index is 12.0. The molecule has 6 heteroatoms. The van der Waals surface area contributed by atoms with E-state index >= 15 is 0 Å². The fourth-order valence-electron chi connectivity index (χ4n) is 1.84. The molecule has 1 rings (SSSR count). The van der Waals surface area contributed by atoms with Crippen molar-refractivity contribution in [3.8, 4) is 0 Å². The van der Waals surface area contributed by atoms with E-state index in [1.807, 2.05) is 32.2 Å². The lowest BCUT2D eigenvalue weighted by atomic mass is 10.2. The number of carbonyl (C=O) groups is 2. The number of rotatable bonds is 8. The molecule has 0 radical (unpaired) electrons. The minimum atomic E-state index is -0.328. The number of thiophene rings is 1. The zero-order chi connectivity index (χ0) is 15.8. The van der Waals surface area contributed by atoms with Gasteiger partial charge in [-0.1, -0.05) is 6.07 Å². The first-order chi connectivity index (χ1) is 9.90. The molecule has 118 valence electrons. The molecule has 0 aliphatic rings. The lowest BCUT2D eigenvalue weighted by Crippen LogP contribution is -2.48. The van der Waals surface area contributed by atoms with Gasteiger partial charge in [-0.25, -0.2) is 0 Å². The van der Waals surface area contributed by atoms with E-state index < -0.39 is 0 Å². The van der Waals surface area contributed by atoms with E-state index in [1.165, 1.54) is 4.88 Å². The molecular weight excluding hydrogens is 286 g/mol. The van der Waals surface area contributed by atoms with E-state index in [1.54, 1.807) is 23.3 Å². The van der Waals surface area contributed by atoms with Crippen molar-refractivity contribution in [2.24, 2.45) is 0 Å². The van der Waals surface area contributed by atoms with E-state index in [0.29, 0.717) is 6.54 Å². The van der Waals surface area contributed by atoms with E-state index in [0.717, 1.165) is 6.42 Å². The van der Waals surface area contributed by atoms with Crippen LogP contribution < -0.4 is 10.6 Å². The maximum Gasteiger partial charge on any atom is 0.237 e. The Morgan fingerprint density at radius 1 is 1.33 bits per heavy atom. The molecule has 0 fully saturated rings. The fourth-order valence-corrected chi connectivity index (χ4v) is 2.55. The summed E-state index contributed by atoms with van der Waals surface area (Å²) in [6.45, 7) is 6.48. The van der Waals surface area contributed by atoms with Crippen LogP contribution >= 0.6 is 11.3 Å². The second kappa shape index (κ2) is 8.79. The molecule has 21 heavy (non-hydrogen) atoms. The van der Waals surface area contributed by atoms with Gasteiger partial charge in [0.15, 0.2) is 0 Å². The van der Waals surface area contributed by atoms with E-state index in [2.05, 4.69) is 16.7 Å². The topological polar surface area (TPSA) is 61.4 Å². The summed E-state index contributed by atoms with van der Waals surface area (Å²) in [6.07, 6.45) is 0.841. The molecule has 0 aromatic carbocycles. The summed E-state index contributed by atoms with van der Waals surface area (Å²) in [6, 6.07) is 3.85. The number of hydrogen-bond donors (Lipinski definition) is 2. The summed E-state index contributed by atoms with van der Waals surface area (Å²) >= 11 is 1.69. The number of likely N-dealkylation sites (N-methyl/N-ethyl adjacent to an activating group) is 1. The highest BCUT2D eigenvalue weighted by Crippen LogP contribution is 2.08. The summed E-state index contributed by atoms with van der Waals surface area (Å²) in [5, 5.41) is 7.76. The average Bonchev–Trinajstić information content (AvgIpc) is 2.89. The lowest BCUT2D eigenvalue weighted by Gasteiger charge is -2.23. The number of nitrogens with zero attached hydrogens (tertiary/aromatic N) is 1. The Morgan fingerprint density at radius 3 is 2.62 bits per heavy atom. The summed E-state index contributed by atoms with van der Waals surface area (Å²) in [5.41, 5.74) is 0. The highest BCUT2D eigenvalue weighted by molar-refractivity contribution is 7.09. The Kier molecular flexibility index (Phi) is 7.39. The Balaban J connectivity index is 2.30. The van der Waals surface area contributed by atoms with Gasteiger partial charge in [-0.15, -0.1) is 11.3 Å². The number of carbonyl (C=O) groups excluding carboxylic acids is 2. The van der Waals surface area contributed by atoms with Crippen molar-refractivity contribution in [1.29, 1.82) is 0 Å². The molecule has 0 saturated carbocycles. The zero-order valence-electron chi connectivity index (χ0n) is 13.2.